The van der Waals surface area contributed by atoms with Gasteiger partial charge >= 0.3 is 5.97 Å². The predicted molar refractivity (Wildman–Crippen MR) is 138 cm³/mol. The van der Waals surface area contributed by atoms with Crippen LogP contribution >= 0.6 is 0 Å². The van der Waals surface area contributed by atoms with Crippen LogP contribution in [0.5, 0.6) is 17.2 Å². The Bertz CT molecular complexity index is 1180. The quantitative estimate of drug-likeness (QED) is 0.210. The summed E-state index contributed by atoms with van der Waals surface area (Å²) in [5, 5.41) is 11.0. The molecule has 186 valence electrons. The van der Waals surface area contributed by atoms with Gasteiger partial charge in [0.1, 0.15) is 22.9 Å². The molecule has 0 saturated carbocycles. The number of methoxy groups -OCH3 is 2. The highest BCUT2D eigenvalue weighted by molar-refractivity contribution is 5.95. The largest absolute Gasteiger partial charge is 0.497 e. The molecule has 3 aromatic rings. The van der Waals surface area contributed by atoms with Crippen LogP contribution in [0.4, 0.5) is 0 Å². The number of rotatable bonds is 9. The van der Waals surface area contributed by atoms with Crippen molar-refractivity contribution in [3.63, 3.8) is 0 Å². The van der Waals surface area contributed by atoms with Crippen LogP contribution in [0.15, 0.2) is 67.3 Å². The maximum atomic E-state index is 11.9. The topological polar surface area (TPSA) is 116 Å². The van der Waals surface area contributed by atoms with Gasteiger partial charge in [0.2, 0.25) is 0 Å². The molecule has 0 saturated heterocycles. The first-order valence-electron chi connectivity index (χ1n) is 11.0. The fraction of sp³-hybridized carbons (Fsp3) is 0.222. The minimum atomic E-state index is -0.417. The van der Waals surface area contributed by atoms with E-state index in [1.165, 1.54) is 12.3 Å². The number of hydrogen-bond acceptors (Lipinski definition) is 7. The van der Waals surface area contributed by atoms with E-state index in [2.05, 4.69) is 17.3 Å². The van der Waals surface area contributed by atoms with E-state index >= 15 is 0 Å². The molecule has 0 bridgehead atoms. The lowest BCUT2D eigenvalue weighted by molar-refractivity contribution is 0.0520. The van der Waals surface area contributed by atoms with Gasteiger partial charge in [0.05, 0.1) is 20.8 Å². The first-order valence-corrected chi connectivity index (χ1v) is 11.0. The Morgan fingerprint density at radius 2 is 1.86 bits per heavy atom. The van der Waals surface area contributed by atoms with Crippen LogP contribution in [-0.4, -0.2) is 36.9 Å². The Kier molecular flexibility index (Phi) is 10.3. The van der Waals surface area contributed by atoms with Crippen molar-refractivity contribution in [3.8, 4) is 17.2 Å². The highest BCUT2D eigenvalue weighted by Gasteiger charge is 2.11. The van der Waals surface area contributed by atoms with Gasteiger partial charge in [-0.05, 0) is 55.4 Å². The van der Waals surface area contributed by atoms with Gasteiger partial charge in [-0.2, -0.15) is 0 Å². The molecule has 0 aliphatic carbocycles. The fourth-order valence-corrected chi connectivity index (χ4v) is 3.30. The van der Waals surface area contributed by atoms with Crippen molar-refractivity contribution in [2.75, 3.05) is 20.8 Å². The summed E-state index contributed by atoms with van der Waals surface area (Å²) in [6.45, 7) is 7.24. The summed E-state index contributed by atoms with van der Waals surface area (Å²) in [5.74, 6) is 1.16. The van der Waals surface area contributed by atoms with Crippen LogP contribution in [0.2, 0.25) is 0 Å². The molecule has 4 N–H and O–H groups in total. The number of carbonyl (C=O) groups excluding carboxylic acids is 1. The maximum absolute atomic E-state index is 11.9. The van der Waals surface area contributed by atoms with Crippen molar-refractivity contribution < 1.29 is 28.8 Å². The fourth-order valence-electron chi connectivity index (χ4n) is 3.30. The zero-order valence-electron chi connectivity index (χ0n) is 20.5. The Labute approximate surface area is 205 Å². The van der Waals surface area contributed by atoms with Crippen molar-refractivity contribution >= 4 is 22.9 Å². The van der Waals surface area contributed by atoms with Gasteiger partial charge in [-0.25, -0.2) is 4.79 Å². The van der Waals surface area contributed by atoms with E-state index in [1.54, 1.807) is 51.5 Å². The van der Waals surface area contributed by atoms with E-state index in [4.69, 9.17) is 18.9 Å². The highest BCUT2D eigenvalue weighted by atomic mass is 16.6. The van der Waals surface area contributed by atoms with Crippen LogP contribution in [0.25, 0.3) is 17.0 Å². The van der Waals surface area contributed by atoms with Crippen LogP contribution in [0.3, 0.4) is 0 Å². The lowest BCUT2D eigenvalue weighted by Gasteiger charge is -2.12. The second-order valence-electron chi connectivity index (χ2n) is 7.11. The van der Waals surface area contributed by atoms with Gasteiger partial charge in [-0.15, -0.1) is 0 Å². The van der Waals surface area contributed by atoms with Crippen molar-refractivity contribution in [2.24, 2.45) is 5.73 Å². The average Bonchev–Trinajstić information content (AvgIpc) is 3.28. The van der Waals surface area contributed by atoms with Crippen LogP contribution in [-0.2, 0) is 11.2 Å². The van der Waals surface area contributed by atoms with Gasteiger partial charge in [0.25, 0.3) is 5.95 Å². The number of allylic oxidation sites excluding steroid dienone is 2. The average molecular weight is 481 g/mol. The molecule has 0 fully saturated rings. The summed E-state index contributed by atoms with van der Waals surface area (Å²) in [5.41, 5.74) is 7.70. The molecule has 0 spiro atoms. The molecule has 2 aromatic carbocycles. The number of nitrogens with two attached hydrogens (primary N) is 1. The number of hydrogen-bond donors (Lipinski definition) is 3. The number of aromatic nitrogens is 1. The Hall–Kier alpha value is -4.33. The molecule has 0 radical (unpaired) electrons. The number of carbonyl (C=O) groups is 1. The van der Waals surface area contributed by atoms with Crippen molar-refractivity contribution in [1.29, 1.82) is 0 Å². The lowest BCUT2D eigenvalue weighted by atomic mass is 10.0. The zero-order valence-corrected chi connectivity index (χ0v) is 20.5. The molecule has 3 rings (SSSR count). The third kappa shape index (κ3) is 7.33. The number of esters is 1. The van der Waals surface area contributed by atoms with Crippen molar-refractivity contribution in [1.82, 2.24) is 4.98 Å². The minimum Gasteiger partial charge on any atom is -0.497 e. The van der Waals surface area contributed by atoms with Crippen LogP contribution < -0.4 is 19.9 Å². The smallest absolute Gasteiger partial charge is 0.354 e. The number of aromatic amines is 1. The number of fused-ring (bicyclic) bond motifs is 1. The van der Waals surface area contributed by atoms with Gasteiger partial charge < -0.3 is 34.8 Å². The summed E-state index contributed by atoms with van der Waals surface area (Å²) in [7, 11) is 3.22. The summed E-state index contributed by atoms with van der Waals surface area (Å²) in [6.07, 6.45) is 7.03. The molecule has 0 atom stereocenters. The molecule has 0 aliphatic heterocycles. The number of benzene rings is 2. The predicted octanol–water partition coefficient (Wildman–Crippen LogP) is 5.50. The number of ether oxygens (including phenoxy) is 4. The lowest BCUT2D eigenvalue weighted by Crippen LogP contribution is -2.04. The summed E-state index contributed by atoms with van der Waals surface area (Å²) in [6, 6.07) is 10.6. The van der Waals surface area contributed by atoms with E-state index in [0.717, 1.165) is 34.2 Å². The second kappa shape index (κ2) is 13.4. The molecule has 0 amide bonds. The van der Waals surface area contributed by atoms with Crippen molar-refractivity contribution in [2.45, 2.75) is 20.3 Å². The molecule has 8 nitrogen and oxygen atoms in total. The first kappa shape index (κ1) is 26.9. The molecule has 1 heterocycles. The number of aryl methyl sites for hydroxylation is 1. The van der Waals surface area contributed by atoms with Crippen molar-refractivity contribution in [3.05, 3.63) is 84.1 Å². The van der Waals surface area contributed by atoms with Gasteiger partial charge in [-0.1, -0.05) is 25.7 Å². The first-order chi connectivity index (χ1) is 16.9. The highest BCUT2D eigenvalue weighted by Crippen LogP contribution is 2.30. The van der Waals surface area contributed by atoms with Gasteiger partial charge in [-0.3, -0.25) is 0 Å². The van der Waals surface area contributed by atoms with Crippen LogP contribution in [0, 0.1) is 0 Å². The van der Waals surface area contributed by atoms with Gasteiger partial charge in [0, 0.05) is 28.6 Å². The second-order valence-corrected chi connectivity index (χ2v) is 7.11. The third-order valence-electron chi connectivity index (χ3n) is 4.85. The van der Waals surface area contributed by atoms with E-state index in [1.807, 2.05) is 25.1 Å². The molecule has 0 unspecified atom stereocenters. The Morgan fingerprint density at radius 3 is 2.49 bits per heavy atom. The zero-order chi connectivity index (χ0) is 25.8. The third-order valence-corrected chi connectivity index (χ3v) is 4.85. The molecule has 35 heavy (non-hydrogen) atoms. The number of aliphatic hydroxyl groups excluding tert-OH is 1. The number of H-pyrrole nitrogens is 1. The molecular weight excluding hydrogens is 448 g/mol. The molecular formula is C27H32N2O6. The SMILES string of the molecule is C=CN.CCOC(=O)c1cc2cc(O/C(O)=C/C=C/c3c(CC)cc(OC)cc3OC)ccc2[nH]1. The molecule has 8 heteroatoms. The Balaban J connectivity index is 0.00000137. The van der Waals surface area contributed by atoms with E-state index in [9.17, 15) is 9.90 Å². The molecule has 0 aliphatic rings. The minimum absolute atomic E-state index is 0.271. The Morgan fingerprint density at radius 1 is 1.11 bits per heavy atom. The summed E-state index contributed by atoms with van der Waals surface area (Å²) >= 11 is 0. The van der Waals surface area contributed by atoms with E-state index in [-0.39, 0.29) is 5.95 Å². The number of aliphatic hydroxyl groups is 1. The van der Waals surface area contributed by atoms with Gasteiger partial charge in [0.15, 0.2) is 0 Å². The van der Waals surface area contributed by atoms with E-state index in [0.29, 0.717) is 23.8 Å². The summed E-state index contributed by atoms with van der Waals surface area (Å²) in [4.78, 5) is 14.9. The monoisotopic (exact) mass is 480 g/mol. The number of nitrogens with one attached hydrogen (secondary N) is 1. The van der Waals surface area contributed by atoms with E-state index < -0.39 is 5.97 Å². The summed E-state index contributed by atoms with van der Waals surface area (Å²) < 4.78 is 21.3. The normalized spacial score (nSPS) is 11.0. The van der Waals surface area contributed by atoms with Crippen LogP contribution in [0.1, 0.15) is 35.5 Å². The standard InChI is InChI=1S/C25H27NO6.C2H5N/c1-5-16-12-19(29-3)15-23(30-4)20(16)8-7-9-24(27)32-18-10-11-21-17(13-18)14-22(26-21)25(28)31-6-2;1-2-3/h7-15,26-27H,5-6H2,1-4H3;2H,1,3H2/b8-7+,24-9+;. The maximum Gasteiger partial charge on any atom is 0.354 e. The molecule has 1 aromatic heterocycles.